The quantitative estimate of drug-likeness (QED) is 0.141. The van der Waals surface area contributed by atoms with E-state index in [4.69, 9.17) is 19.9 Å². The monoisotopic (exact) mass is 834 g/mol. The smallest absolute Gasteiger partial charge is 0.657 e. The van der Waals surface area contributed by atoms with Crippen LogP contribution in [0.25, 0.3) is 90.9 Å². The molecular formula is C53H46N4O2Zn. The zero-order valence-electron chi connectivity index (χ0n) is 34.6. The number of nitrogens with zero attached hydrogens (tertiary/aromatic N) is 4. The molecule has 4 aromatic carbocycles. The van der Waals surface area contributed by atoms with Gasteiger partial charge in [-0.3, -0.25) is 0 Å². The van der Waals surface area contributed by atoms with Crippen LogP contribution in [-0.4, -0.2) is 33.4 Å². The van der Waals surface area contributed by atoms with E-state index in [1.54, 1.807) is 0 Å². The Hall–Kier alpha value is -5.98. The van der Waals surface area contributed by atoms with Gasteiger partial charge < -0.3 is 20.2 Å². The summed E-state index contributed by atoms with van der Waals surface area (Å²) in [5, 5.41) is 19.9. The number of rotatable bonds is 9. The maximum Gasteiger partial charge on any atom is 2.00 e. The van der Waals surface area contributed by atoms with Crippen LogP contribution in [0.4, 0.5) is 0 Å². The van der Waals surface area contributed by atoms with E-state index in [0.717, 1.165) is 94.9 Å². The predicted octanol–water partition coefficient (Wildman–Crippen LogP) is 11.5. The number of hydrogen-bond donors (Lipinski definition) is 2. The molecule has 6 nitrogen and oxygen atoms in total. The van der Waals surface area contributed by atoms with Gasteiger partial charge in [-0.25, -0.2) is 9.97 Å². The number of fused-ring (bicyclic) bond motifs is 8. The SMILES string of the molecule is Cc1ccc(-c2c3nc(c(-c4ccc(C)cc4)c4ccc([n-]4)c(-c4ccc(C(C)(CCO)CCO)cc4)c4nc(c(-c5ccc(C)cc5)c5ccc2[n-]5)C=C4)C=C3)cc1.[Zn+2]. The van der Waals surface area contributed by atoms with Gasteiger partial charge >= 0.3 is 19.5 Å². The van der Waals surface area contributed by atoms with Crippen LogP contribution in [0.3, 0.4) is 0 Å². The van der Waals surface area contributed by atoms with Crippen molar-refractivity contribution >= 4 is 46.4 Å². The summed E-state index contributed by atoms with van der Waals surface area (Å²) in [6, 6.07) is 42.5. The van der Waals surface area contributed by atoms with Crippen molar-refractivity contribution in [2.75, 3.05) is 13.2 Å². The largest absolute Gasteiger partial charge is 2.00 e. The summed E-state index contributed by atoms with van der Waals surface area (Å²) in [6.45, 7) is 8.48. The van der Waals surface area contributed by atoms with Gasteiger partial charge in [-0.05, 0) is 113 Å². The maximum absolute atomic E-state index is 9.93. The predicted molar refractivity (Wildman–Crippen MR) is 244 cm³/mol. The van der Waals surface area contributed by atoms with E-state index in [-0.39, 0.29) is 38.1 Å². The van der Waals surface area contributed by atoms with Crippen LogP contribution in [0.15, 0.2) is 121 Å². The van der Waals surface area contributed by atoms with Gasteiger partial charge in [-0.1, -0.05) is 145 Å². The van der Waals surface area contributed by atoms with Crippen molar-refractivity contribution in [1.82, 2.24) is 19.9 Å². The van der Waals surface area contributed by atoms with Crippen molar-refractivity contribution in [3.8, 4) is 44.5 Å². The minimum absolute atomic E-state index is 0. The number of aliphatic hydroxyl groups is 2. The summed E-state index contributed by atoms with van der Waals surface area (Å²) in [7, 11) is 0. The molecule has 292 valence electrons. The molecule has 2 aliphatic rings. The fourth-order valence-electron chi connectivity index (χ4n) is 8.38. The molecular weight excluding hydrogens is 790 g/mol. The van der Waals surface area contributed by atoms with Crippen molar-refractivity contribution in [3.63, 3.8) is 0 Å². The van der Waals surface area contributed by atoms with Crippen LogP contribution in [0.2, 0.25) is 0 Å². The molecule has 0 atom stereocenters. The van der Waals surface area contributed by atoms with Gasteiger partial charge in [-0.2, -0.15) is 0 Å². The van der Waals surface area contributed by atoms with Gasteiger partial charge in [0.2, 0.25) is 0 Å². The molecule has 0 saturated heterocycles. The zero-order chi connectivity index (χ0) is 40.7. The third kappa shape index (κ3) is 7.77. The molecule has 0 aliphatic carbocycles. The van der Waals surface area contributed by atoms with Gasteiger partial charge in [0, 0.05) is 13.2 Å². The molecule has 8 bridgehead atoms. The zero-order valence-corrected chi connectivity index (χ0v) is 37.5. The van der Waals surface area contributed by atoms with E-state index < -0.39 is 0 Å². The molecule has 0 unspecified atom stereocenters. The van der Waals surface area contributed by atoms with Gasteiger partial charge in [0.1, 0.15) is 0 Å². The number of aryl methyl sites for hydroxylation is 3. The third-order valence-corrected chi connectivity index (χ3v) is 11.8. The van der Waals surface area contributed by atoms with Crippen LogP contribution in [0, 0.1) is 20.8 Å². The van der Waals surface area contributed by atoms with E-state index >= 15 is 0 Å². The van der Waals surface area contributed by atoms with Crippen molar-refractivity contribution in [3.05, 3.63) is 166 Å². The Labute approximate surface area is 364 Å². The van der Waals surface area contributed by atoms with Gasteiger partial charge in [0.15, 0.2) is 0 Å². The molecule has 7 aromatic rings. The number of hydrogen-bond acceptors (Lipinski definition) is 4. The van der Waals surface area contributed by atoms with E-state index in [1.807, 2.05) is 0 Å². The standard InChI is InChI=1S/C53H46N4O2.Zn/c1-33-5-11-36(12-6-33)49-41-21-23-43(54-41)50(37-13-7-34(2)8-14-37)45-25-27-47(56-45)52(39-17-19-40(20-18-39)53(4,29-31-58)30-32-59)48-28-26-46(57-48)51(44-24-22-42(49)55-44)38-15-9-35(3)10-16-38;/h5-28,58-59H,29-32H2,1-4H3;/q-2;+2. The summed E-state index contributed by atoms with van der Waals surface area (Å²) in [5.74, 6) is 0. The van der Waals surface area contributed by atoms with Crippen LogP contribution in [0.1, 0.15) is 64.8 Å². The third-order valence-electron chi connectivity index (χ3n) is 11.8. The Kier molecular flexibility index (Phi) is 11.5. The molecule has 3 aromatic heterocycles. The molecule has 7 heteroatoms. The van der Waals surface area contributed by atoms with E-state index in [1.165, 1.54) is 16.7 Å². The first-order valence-electron chi connectivity index (χ1n) is 20.3. The number of aliphatic hydroxyl groups excluding tert-OH is 2. The molecule has 9 rings (SSSR count). The molecule has 0 spiro atoms. The molecule has 0 radical (unpaired) electrons. The average Bonchev–Trinajstić information content (AvgIpc) is 4.08. The first-order valence-corrected chi connectivity index (χ1v) is 20.3. The molecule has 0 saturated carbocycles. The second-order valence-electron chi connectivity index (χ2n) is 16.0. The van der Waals surface area contributed by atoms with Gasteiger partial charge in [0.05, 0.1) is 22.8 Å². The second-order valence-corrected chi connectivity index (χ2v) is 16.0. The maximum atomic E-state index is 9.93. The summed E-state index contributed by atoms with van der Waals surface area (Å²) in [5.41, 5.74) is 18.6. The van der Waals surface area contributed by atoms with Crippen LogP contribution in [0.5, 0.6) is 0 Å². The van der Waals surface area contributed by atoms with Crippen LogP contribution >= 0.6 is 0 Å². The van der Waals surface area contributed by atoms with Crippen molar-refractivity contribution in [2.45, 2.75) is 46.0 Å². The van der Waals surface area contributed by atoms with E-state index in [2.05, 4.69) is 173 Å². The second kappa shape index (κ2) is 16.9. The Bertz CT molecular complexity index is 2870. The minimum atomic E-state index is -0.367. The summed E-state index contributed by atoms with van der Waals surface area (Å²) in [6.07, 6.45) is 9.49. The molecule has 2 aliphatic heterocycles. The Morgan fingerprint density at radius 2 is 0.683 bits per heavy atom. The Morgan fingerprint density at radius 3 is 0.950 bits per heavy atom. The van der Waals surface area contributed by atoms with E-state index in [9.17, 15) is 10.2 Å². The minimum Gasteiger partial charge on any atom is -0.657 e. The van der Waals surface area contributed by atoms with Crippen LogP contribution in [-0.2, 0) is 24.9 Å². The molecule has 60 heavy (non-hydrogen) atoms. The number of benzene rings is 4. The molecule has 0 amide bonds. The molecule has 5 heterocycles. The first kappa shape index (κ1) is 40.8. The fourth-order valence-corrected chi connectivity index (χ4v) is 8.38. The van der Waals surface area contributed by atoms with Gasteiger partial charge in [0.25, 0.3) is 0 Å². The van der Waals surface area contributed by atoms with Gasteiger partial charge in [-0.15, -0.1) is 22.1 Å². The first-order chi connectivity index (χ1) is 28.7. The van der Waals surface area contributed by atoms with Crippen molar-refractivity contribution in [1.29, 1.82) is 0 Å². The molecule has 0 fully saturated rings. The molecule has 2 N–H and O–H groups in total. The summed E-state index contributed by atoms with van der Waals surface area (Å²) >= 11 is 0. The average molecular weight is 836 g/mol. The topological polar surface area (TPSA) is 94.4 Å². The van der Waals surface area contributed by atoms with E-state index in [0.29, 0.717) is 12.8 Å². The normalized spacial score (nSPS) is 12.2. The van der Waals surface area contributed by atoms with Crippen LogP contribution < -0.4 is 9.97 Å². The Morgan fingerprint density at radius 1 is 0.417 bits per heavy atom. The number of aromatic nitrogens is 4. The van der Waals surface area contributed by atoms with Crippen molar-refractivity contribution < 1.29 is 29.7 Å². The fraction of sp³-hybridized carbons (Fsp3) is 0.170. The summed E-state index contributed by atoms with van der Waals surface area (Å²) < 4.78 is 0. The summed E-state index contributed by atoms with van der Waals surface area (Å²) in [4.78, 5) is 21.6. The Balaban J connectivity index is 0.00000499. The van der Waals surface area contributed by atoms with Crippen molar-refractivity contribution in [2.24, 2.45) is 0 Å².